The molecule has 24 heavy (non-hydrogen) atoms. The van der Waals surface area contributed by atoms with Crippen molar-refractivity contribution in [1.82, 2.24) is 10.6 Å². The van der Waals surface area contributed by atoms with E-state index in [0.29, 0.717) is 37.6 Å². The molecule has 2 amide bonds. The van der Waals surface area contributed by atoms with Gasteiger partial charge in [0.1, 0.15) is 6.04 Å². The summed E-state index contributed by atoms with van der Waals surface area (Å²) in [6.45, 7) is 2.55. The summed E-state index contributed by atoms with van der Waals surface area (Å²) >= 11 is 5.87. The van der Waals surface area contributed by atoms with Gasteiger partial charge in [0.05, 0.1) is 13.2 Å². The summed E-state index contributed by atoms with van der Waals surface area (Å²) in [5, 5.41) is 6.70. The summed E-state index contributed by atoms with van der Waals surface area (Å²) in [7, 11) is 0. The molecule has 2 saturated heterocycles. The van der Waals surface area contributed by atoms with Crippen LogP contribution < -0.4 is 15.5 Å². The van der Waals surface area contributed by atoms with Gasteiger partial charge < -0.3 is 20.3 Å². The molecule has 0 bridgehead atoms. The van der Waals surface area contributed by atoms with E-state index in [1.807, 2.05) is 12.1 Å². The second-order valence-electron chi connectivity index (χ2n) is 5.81. The second-order valence-corrected chi connectivity index (χ2v) is 6.24. The Morgan fingerprint density at radius 1 is 1.38 bits per heavy atom. The summed E-state index contributed by atoms with van der Waals surface area (Å²) in [6, 6.07) is 6.70. The van der Waals surface area contributed by atoms with Crippen LogP contribution >= 0.6 is 24.0 Å². The van der Waals surface area contributed by atoms with Gasteiger partial charge in [-0.05, 0) is 30.7 Å². The molecule has 2 aliphatic heterocycles. The first-order chi connectivity index (χ1) is 11.1. The summed E-state index contributed by atoms with van der Waals surface area (Å²) in [6.07, 6.45) is 0.937. The van der Waals surface area contributed by atoms with Gasteiger partial charge in [0, 0.05) is 36.3 Å². The van der Waals surface area contributed by atoms with Gasteiger partial charge in [-0.1, -0.05) is 11.6 Å². The molecule has 1 aromatic carbocycles. The van der Waals surface area contributed by atoms with Crippen molar-refractivity contribution in [2.75, 3.05) is 31.2 Å². The minimum atomic E-state index is -0.456. The van der Waals surface area contributed by atoms with Crippen molar-refractivity contribution in [1.29, 1.82) is 0 Å². The van der Waals surface area contributed by atoms with Crippen molar-refractivity contribution in [2.24, 2.45) is 0 Å². The van der Waals surface area contributed by atoms with Crippen molar-refractivity contribution in [3.05, 3.63) is 29.3 Å². The van der Waals surface area contributed by atoms with E-state index in [1.54, 1.807) is 17.0 Å². The molecule has 2 unspecified atom stereocenters. The van der Waals surface area contributed by atoms with Gasteiger partial charge in [-0.25, -0.2) is 0 Å². The zero-order chi connectivity index (χ0) is 16.2. The second kappa shape index (κ2) is 8.67. The topological polar surface area (TPSA) is 70.7 Å². The molecule has 8 heteroatoms. The lowest BCUT2D eigenvalue weighted by atomic mass is 10.1. The molecule has 0 radical (unpaired) electrons. The quantitative estimate of drug-likeness (QED) is 0.835. The molecule has 2 fully saturated rings. The fourth-order valence-electron chi connectivity index (χ4n) is 2.92. The first kappa shape index (κ1) is 19.0. The summed E-state index contributed by atoms with van der Waals surface area (Å²) < 4.78 is 5.33. The summed E-state index contributed by atoms with van der Waals surface area (Å²) in [5.74, 6) is -0.196. The summed E-state index contributed by atoms with van der Waals surface area (Å²) in [5.41, 5.74) is 0.804. The molecule has 0 aliphatic carbocycles. The highest BCUT2D eigenvalue weighted by molar-refractivity contribution is 6.30. The first-order valence-electron chi connectivity index (χ1n) is 7.81. The van der Waals surface area contributed by atoms with Crippen LogP contribution in [0, 0.1) is 0 Å². The number of nitrogens with one attached hydrogen (secondary N) is 2. The fraction of sp³-hybridized carbons (Fsp3) is 0.500. The molecule has 0 saturated carbocycles. The van der Waals surface area contributed by atoms with Crippen molar-refractivity contribution in [3.63, 3.8) is 0 Å². The molecule has 2 N–H and O–H groups in total. The van der Waals surface area contributed by atoms with E-state index < -0.39 is 6.04 Å². The maximum Gasteiger partial charge on any atom is 0.249 e. The number of hydrogen-bond acceptors (Lipinski definition) is 4. The third-order valence-corrected chi connectivity index (χ3v) is 4.36. The van der Waals surface area contributed by atoms with E-state index in [0.717, 1.165) is 12.2 Å². The number of hydrogen-bond donors (Lipinski definition) is 2. The van der Waals surface area contributed by atoms with Crippen LogP contribution in [0.2, 0.25) is 5.02 Å². The highest BCUT2D eigenvalue weighted by Gasteiger charge is 2.33. The van der Waals surface area contributed by atoms with Crippen LogP contribution in [0.25, 0.3) is 0 Å². The van der Waals surface area contributed by atoms with Crippen LogP contribution in [-0.4, -0.2) is 50.2 Å². The zero-order valence-corrected chi connectivity index (χ0v) is 14.7. The van der Waals surface area contributed by atoms with Crippen molar-refractivity contribution < 1.29 is 14.3 Å². The van der Waals surface area contributed by atoms with Crippen LogP contribution in [0.1, 0.15) is 12.8 Å². The Bertz CT molecular complexity index is 576. The van der Waals surface area contributed by atoms with Gasteiger partial charge in [-0.3, -0.25) is 9.59 Å². The van der Waals surface area contributed by atoms with E-state index in [4.69, 9.17) is 16.3 Å². The van der Waals surface area contributed by atoms with Crippen molar-refractivity contribution >= 4 is 41.5 Å². The molecule has 2 heterocycles. The Morgan fingerprint density at radius 3 is 2.79 bits per heavy atom. The molecular formula is C16H21Cl2N3O3. The largest absolute Gasteiger partial charge is 0.378 e. The number of morpholine rings is 1. The minimum absolute atomic E-state index is 0. The molecule has 2 aliphatic rings. The molecule has 0 spiro atoms. The average molecular weight is 374 g/mol. The predicted molar refractivity (Wildman–Crippen MR) is 94.8 cm³/mol. The van der Waals surface area contributed by atoms with Gasteiger partial charge in [-0.2, -0.15) is 0 Å². The Morgan fingerprint density at radius 2 is 2.12 bits per heavy atom. The Kier molecular flexibility index (Phi) is 6.86. The number of carbonyl (C=O) groups excluding carboxylic acids is 2. The minimum Gasteiger partial charge on any atom is -0.378 e. The number of benzene rings is 1. The first-order valence-corrected chi connectivity index (χ1v) is 8.19. The SMILES string of the molecule is Cl.O=C(CC1COCCN1)NC1CCN(c2ccc(Cl)cc2)C1=O. The average Bonchev–Trinajstić information content (AvgIpc) is 2.90. The maximum absolute atomic E-state index is 12.5. The number of amides is 2. The normalized spacial score (nSPS) is 23.7. The number of rotatable bonds is 4. The molecule has 2 atom stereocenters. The lowest BCUT2D eigenvalue weighted by Crippen LogP contribution is -2.47. The third-order valence-electron chi connectivity index (χ3n) is 4.11. The number of anilines is 1. The monoisotopic (exact) mass is 373 g/mol. The van der Waals surface area contributed by atoms with E-state index in [-0.39, 0.29) is 30.3 Å². The van der Waals surface area contributed by atoms with E-state index in [1.165, 1.54) is 0 Å². The van der Waals surface area contributed by atoms with Crippen molar-refractivity contribution in [2.45, 2.75) is 24.9 Å². The Hall–Kier alpha value is -1.34. The molecule has 1 aromatic rings. The van der Waals surface area contributed by atoms with Crippen LogP contribution in [0.4, 0.5) is 5.69 Å². The number of halogens is 2. The fourth-order valence-corrected chi connectivity index (χ4v) is 3.05. The zero-order valence-electron chi connectivity index (χ0n) is 13.2. The summed E-state index contributed by atoms with van der Waals surface area (Å²) in [4.78, 5) is 26.2. The van der Waals surface area contributed by atoms with Crippen LogP contribution in [0.5, 0.6) is 0 Å². The van der Waals surface area contributed by atoms with Gasteiger partial charge in [-0.15, -0.1) is 12.4 Å². The highest BCUT2D eigenvalue weighted by atomic mass is 35.5. The van der Waals surface area contributed by atoms with Gasteiger partial charge >= 0.3 is 0 Å². The highest BCUT2D eigenvalue weighted by Crippen LogP contribution is 2.23. The Labute approximate surface area is 152 Å². The third kappa shape index (κ3) is 4.60. The lowest BCUT2D eigenvalue weighted by Gasteiger charge is -2.24. The van der Waals surface area contributed by atoms with E-state index in [2.05, 4.69) is 10.6 Å². The number of ether oxygens (including phenoxy) is 1. The predicted octanol–water partition coefficient (Wildman–Crippen LogP) is 1.36. The van der Waals surface area contributed by atoms with Gasteiger partial charge in [0.25, 0.3) is 0 Å². The van der Waals surface area contributed by atoms with Gasteiger partial charge in [0.2, 0.25) is 11.8 Å². The lowest BCUT2D eigenvalue weighted by molar-refractivity contribution is -0.127. The molecule has 3 rings (SSSR count). The maximum atomic E-state index is 12.5. The van der Waals surface area contributed by atoms with Crippen LogP contribution in [0.15, 0.2) is 24.3 Å². The number of nitrogens with zero attached hydrogens (tertiary/aromatic N) is 1. The van der Waals surface area contributed by atoms with Crippen LogP contribution in [0.3, 0.4) is 0 Å². The van der Waals surface area contributed by atoms with Gasteiger partial charge in [0.15, 0.2) is 0 Å². The van der Waals surface area contributed by atoms with E-state index >= 15 is 0 Å². The van der Waals surface area contributed by atoms with E-state index in [9.17, 15) is 9.59 Å². The van der Waals surface area contributed by atoms with Crippen LogP contribution in [-0.2, 0) is 14.3 Å². The molecule has 132 valence electrons. The Balaban J connectivity index is 0.00000208. The standard InChI is InChI=1S/C16H20ClN3O3.ClH/c17-11-1-3-13(4-2-11)20-7-5-14(16(20)22)19-15(21)9-12-10-23-8-6-18-12;/h1-4,12,14,18H,5-10H2,(H,19,21);1H. The molecule has 0 aromatic heterocycles. The number of carbonyl (C=O) groups is 2. The molecule has 6 nitrogen and oxygen atoms in total. The molecular weight excluding hydrogens is 353 g/mol. The van der Waals surface area contributed by atoms with Crippen molar-refractivity contribution in [3.8, 4) is 0 Å². The smallest absolute Gasteiger partial charge is 0.249 e.